The Bertz CT molecular complexity index is 734. The first-order valence-corrected chi connectivity index (χ1v) is 7.58. The predicted molar refractivity (Wildman–Crippen MR) is 88.5 cm³/mol. The van der Waals surface area contributed by atoms with Crippen LogP contribution in [0.4, 0.5) is 14.5 Å². The van der Waals surface area contributed by atoms with E-state index in [9.17, 15) is 8.78 Å². The third-order valence-electron chi connectivity index (χ3n) is 4.54. The van der Waals surface area contributed by atoms with Gasteiger partial charge in [0.25, 0.3) is 0 Å². The van der Waals surface area contributed by atoms with Gasteiger partial charge in [-0.3, -0.25) is 0 Å². The van der Waals surface area contributed by atoms with Gasteiger partial charge in [0.05, 0.1) is 11.4 Å². The second-order valence-electron chi connectivity index (χ2n) is 5.92. The van der Waals surface area contributed by atoms with E-state index in [0.717, 1.165) is 37.2 Å². The number of hydrogen-bond donors (Lipinski definition) is 2. The Morgan fingerprint density at radius 1 is 1.30 bits per heavy atom. The molecule has 0 saturated carbocycles. The Balaban J connectivity index is 2.05. The highest BCUT2D eigenvalue weighted by molar-refractivity contribution is 6.11. The van der Waals surface area contributed by atoms with Gasteiger partial charge in [-0.2, -0.15) is 0 Å². The van der Waals surface area contributed by atoms with Crippen LogP contribution in [0.1, 0.15) is 12.8 Å². The van der Waals surface area contributed by atoms with Crippen LogP contribution in [0.25, 0.3) is 0 Å². The third kappa shape index (κ3) is 2.84. The van der Waals surface area contributed by atoms with Gasteiger partial charge in [0.15, 0.2) is 11.6 Å². The lowest BCUT2D eigenvalue weighted by molar-refractivity contribution is 0.366. The number of halogens is 2. The predicted octanol–water partition coefficient (Wildman–Crippen LogP) is 3.38. The van der Waals surface area contributed by atoms with Crippen LogP contribution >= 0.6 is 0 Å². The first-order valence-electron chi connectivity index (χ1n) is 7.58. The standard InChI is InChI=1S/C18H19F2N3/c1-2-18-9-12(10-21)17(7-13(18)5-6-22-11-18)23-14-3-4-15(19)16(20)8-14/h2-4,7-8,10,22H,1,5-6,9,11,21H2. The maximum absolute atomic E-state index is 13.4. The summed E-state index contributed by atoms with van der Waals surface area (Å²) in [5.74, 6) is -1.79. The van der Waals surface area contributed by atoms with Crippen molar-refractivity contribution >= 4 is 11.4 Å². The highest BCUT2D eigenvalue weighted by atomic mass is 19.2. The van der Waals surface area contributed by atoms with Crippen LogP contribution in [0.2, 0.25) is 0 Å². The van der Waals surface area contributed by atoms with Crippen molar-refractivity contribution < 1.29 is 8.78 Å². The molecule has 0 aromatic heterocycles. The van der Waals surface area contributed by atoms with Crippen molar-refractivity contribution in [3.8, 4) is 0 Å². The van der Waals surface area contributed by atoms with E-state index in [2.05, 4.69) is 16.9 Å². The summed E-state index contributed by atoms with van der Waals surface area (Å²) in [5.41, 5.74) is 8.83. The van der Waals surface area contributed by atoms with Crippen molar-refractivity contribution in [2.45, 2.75) is 12.8 Å². The number of rotatable bonds is 2. The Morgan fingerprint density at radius 3 is 2.83 bits per heavy atom. The summed E-state index contributed by atoms with van der Waals surface area (Å²) in [6, 6.07) is 3.62. The van der Waals surface area contributed by atoms with E-state index in [4.69, 9.17) is 5.73 Å². The molecule has 1 saturated heterocycles. The van der Waals surface area contributed by atoms with Crippen LogP contribution in [-0.4, -0.2) is 18.8 Å². The van der Waals surface area contributed by atoms with Crippen molar-refractivity contribution in [2.75, 3.05) is 13.1 Å². The molecular formula is C18H19F2N3. The van der Waals surface area contributed by atoms with Gasteiger partial charge in [-0.25, -0.2) is 13.8 Å². The van der Waals surface area contributed by atoms with Gasteiger partial charge in [0, 0.05) is 18.0 Å². The van der Waals surface area contributed by atoms with Crippen LogP contribution in [0, 0.1) is 17.0 Å². The number of nitrogens with zero attached hydrogens (tertiary/aromatic N) is 1. The van der Waals surface area contributed by atoms with E-state index in [1.54, 1.807) is 0 Å². The van der Waals surface area contributed by atoms with Crippen LogP contribution in [0.5, 0.6) is 0 Å². The second kappa shape index (κ2) is 6.08. The summed E-state index contributed by atoms with van der Waals surface area (Å²) in [4.78, 5) is 4.46. The maximum Gasteiger partial charge on any atom is 0.160 e. The van der Waals surface area contributed by atoms with Crippen LogP contribution in [0.3, 0.4) is 0 Å². The number of fused-ring (bicyclic) bond motifs is 1. The number of allylic oxidation sites excluding steroid dienone is 2. The van der Waals surface area contributed by atoms with Gasteiger partial charge in [-0.05, 0) is 49.4 Å². The van der Waals surface area contributed by atoms with Gasteiger partial charge >= 0.3 is 0 Å². The van der Waals surface area contributed by atoms with Crippen LogP contribution in [0.15, 0.2) is 59.3 Å². The van der Waals surface area contributed by atoms with Gasteiger partial charge in [0.2, 0.25) is 0 Å². The minimum absolute atomic E-state index is 0.142. The van der Waals surface area contributed by atoms with Crippen molar-refractivity contribution in [2.24, 2.45) is 16.1 Å². The average molecular weight is 315 g/mol. The fourth-order valence-electron chi connectivity index (χ4n) is 3.19. The Labute approximate surface area is 134 Å². The highest BCUT2D eigenvalue weighted by Gasteiger charge is 2.38. The van der Waals surface area contributed by atoms with E-state index < -0.39 is 11.6 Å². The molecule has 1 aliphatic heterocycles. The molecule has 5 heteroatoms. The summed E-state index contributed by atoms with van der Waals surface area (Å²) >= 11 is 0. The number of hydrogen-bond acceptors (Lipinski definition) is 3. The largest absolute Gasteiger partial charge is 0.404 e. The number of nitrogens with one attached hydrogen (secondary N) is 1. The van der Waals surface area contributed by atoms with E-state index in [1.807, 2.05) is 12.2 Å². The van der Waals surface area contributed by atoms with Gasteiger partial charge in [-0.15, -0.1) is 6.58 Å². The van der Waals surface area contributed by atoms with Gasteiger partial charge in [-0.1, -0.05) is 11.6 Å². The van der Waals surface area contributed by atoms with E-state index in [1.165, 1.54) is 17.8 Å². The SMILES string of the molecule is C=CC12CNCCC1=CC(=Nc1ccc(F)c(F)c1)C(=CN)C2. The third-order valence-corrected chi connectivity index (χ3v) is 4.54. The molecule has 0 bridgehead atoms. The summed E-state index contributed by atoms with van der Waals surface area (Å²) in [5, 5.41) is 3.39. The number of nitrogens with two attached hydrogens (primary N) is 1. The molecule has 2 aliphatic rings. The van der Waals surface area contributed by atoms with Gasteiger partial charge < -0.3 is 11.1 Å². The second-order valence-corrected chi connectivity index (χ2v) is 5.92. The van der Waals surface area contributed by atoms with E-state index in [0.29, 0.717) is 17.8 Å². The zero-order chi connectivity index (χ0) is 16.4. The summed E-state index contributed by atoms with van der Waals surface area (Å²) in [7, 11) is 0. The monoisotopic (exact) mass is 315 g/mol. The zero-order valence-corrected chi connectivity index (χ0v) is 12.8. The molecule has 1 aliphatic carbocycles. The zero-order valence-electron chi connectivity index (χ0n) is 12.8. The van der Waals surface area contributed by atoms with E-state index in [-0.39, 0.29) is 5.41 Å². The Hall–Kier alpha value is -2.27. The fourth-order valence-corrected chi connectivity index (χ4v) is 3.19. The quantitative estimate of drug-likeness (QED) is 0.822. The normalized spacial score (nSPS) is 27.7. The molecule has 0 amide bonds. The van der Waals surface area contributed by atoms with Crippen molar-refractivity contribution in [3.63, 3.8) is 0 Å². The molecule has 0 spiro atoms. The molecule has 1 aromatic carbocycles. The number of benzene rings is 1. The minimum atomic E-state index is -0.907. The van der Waals surface area contributed by atoms with Crippen molar-refractivity contribution in [3.05, 3.63) is 65.9 Å². The fraction of sp³-hybridized carbons (Fsp3) is 0.278. The minimum Gasteiger partial charge on any atom is -0.404 e. The lowest BCUT2D eigenvalue weighted by Gasteiger charge is -2.41. The maximum atomic E-state index is 13.4. The molecule has 23 heavy (non-hydrogen) atoms. The lowest BCUT2D eigenvalue weighted by Crippen LogP contribution is -2.43. The van der Waals surface area contributed by atoms with Crippen LogP contribution in [-0.2, 0) is 0 Å². The molecule has 1 atom stereocenters. The molecular weight excluding hydrogens is 296 g/mol. The summed E-state index contributed by atoms with van der Waals surface area (Å²) < 4.78 is 26.4. The molecule has 120 valence electrons. The Kier molecular flexibility index (Phi) is 4.13. The smallest absolute Gasteiger partial charge is 0.160 e. The summed E-state index contributed by atoms with van der Waals surface area (Å²) in [6.45, 7) is 5.70. The number of piperidine rings is 1. The molecule has 3 nitrogen and oxygen atoms in total. The molecule has 0 radical (unpaired) electrons. The number of aliphatic imine (C=N–C) groups is 1. The molecule has 1 heterocycles. The summed E-state index contributed by atoms with van der Waals surface area (Å²) in [6.07, 6.45) is 7.11. The highest BCUT2D eigenvalue weighted by Crippen LogP contribution is 2.43. The van der Waals surface area contributed by atoms with Gasteiger partial charge in [0.1, 0.15) is 0 Å². The average Bonchev–Trinajstić information content (AvgIpc) is 2.57. The van der Waals surface area contributed by atoms with E-state index >= 15 is 0 Å². The van der Waals surface area contributed by atoms with Crippen molar-refractivity contribution in [1.29, 1.82) is 0 Å². The molecule has 1 fully saturated rings. The topological polar surface area (TPSA) is 50.4 Å². The lowest BCUT2D eigenvalue weighted by atomic mass is 9.67. The van der Waals surface area contributed by atoms with Crippen LogP contribution < -0.4 is 11.1 Å². The molecule has 3 N–H and O–H groups in total. The molecule has 3 rings (SSSR count). The first-order chi connectivity index (χ1) is 11.1. The van der Waals surface area contributed by atoms with Crippen molar-refractivity contribution in [1.82, 2.24) is 5.32 Å². The Morgan fingerprint density at radius 2 is 2.13 bits per heavy atom. The molecule has 1 unspecified atom stereocenters. The molecule has 1 aromatic rings. The first kappa shape index (κ1) is 15.6.